The molecular formula is C12H20N2O5S. The summed E-state index contributed by atoms with van der Waals surface area (Å²) in [7, 11) is -3.07. The summed E-state index contributed by atoms with van der Waals surface area (Å²) in [5.74, 6) is -1.22. The van der Waals surface area contributed by atoms with Gasteiger partial charge in [-0.05, 0) is 25.7 Å². The third kappa shape index (κ3) is 3.41. The van der Waals surface area contributed by atoms with Crippen LogP contribution in [0.2, 0.25) is 0 Å². The Bertz CT molecular complexity index is 490. The van der Waals surface area contributed by atoms with Crippen LogP contribution in [0.3, 0.4) is 0 Å². The van der Waals surface area contributed by atoms with Gasteiger partial charge in [0.1, 0.15) is 0 Å². The highest BCUT2D eigenvalue weighted by atomic mass is 32.2. The van der Waals surface area contributed by atoms with E-state index >= 15 is 0 Å². The molecule has 2 saturated heterocycles. The topological polar surface area (TPSA) is 104 Å². The number of rotatable bonds is 3. The van der Waals surface area contributed by atoms with Crippen LogP contribution in [0, 0.1) is 5.92 Å². The van der Waals surface area contributed by atoms with Crippen molar-refractivity contribution in [2.45, 2.75) is 30.9 Å². The Hall–Kier alpha value is -1.31. The van der Waals surface area contributed by atoms with Gasteiger partial charge >= 0.3 is 12.0 Å². The Morgan fingerprint density at radius 2 is 2.00 bits per heavy atom. The maximum atomic E-state index is 12.0. The van der Waals surface area contributed by atoms with E-state index in [1.165, 1.54) is 4.90 Å². The number of nitrogens with one attached hydrogen (secondary N) is 1. The molecule has 2 aliphatic rings. The number of carboxylic acid groups (broad SMARTS) is 1. The lowest BCUT2D eigenvalue weighted by Crippen LogP contribution is -2.48. The average molecular weight is 304 g/mol. The van der Waals surface area contributed by atoms with Crippen molar-refractivity contribution in [3.8, 4) is 0 Å². The standard InChI is InChI=1S/C12H20N2O5S/c15-11(16)9-3-1-5-14(8-9)12(17)13-7-10-4-2-6-20(10,18)19/h9-10H,1-8H2,(H,13,17)(H,15,16)/t9-,10?/m0/s1. The Labute approximate surface area is 118 Å². The summed E-state index contributed by atoms with van der Waals surface area (Å²) in [6.45, 7) is 0.834. The molecule has 20 heavy (non-hydrogen) atoms. The lowest BCUT2D eigenvalue weighted by Gasteiger charge is -2.31. The van der Waals surface area contributed by atoms with Crippen LogP contribution in [0.4, 0.5) is 4.79 Å². The maximum Gasteiger partial charge on any atom is 0.317 e. The van der Waals surface area contributed by atoms with E-state index in [-0.39, 0.29) is 24.9 Å². The summed E-state index contributed by atoms with van der Waals surface area (Å²) in [6, 6.07) is -0.363. The molecule has 0 aromatic carbocycles. The van der Waals surface area contributed by atoms with Gasteiger partial charge in [0.2, 0.25) is 0 Å². The quantitative estimate of drug-likeness (QED) is 0.768. The van der Waals surface area contributed by atoms with E-state index in [1.807, 2.05) is 0 Å². The number of carboxylic acids is 1. The highest BCUT2D eigenvalue weighted by Gasteiger charge is 2.33. The first kappa shape index (κ1) is 15.1. The molecule has 0 aliphatic carbocycles. The molecule has 2 amide bonds. The van der Waals surface area contributed by atoms with E-state index in [0.29, 0.717) is 32.2 Å². The molecule has 2 heterocycles. The molecule has 1 unspecified atom stereocenters. The van der Waals surface area contributed by atoms with E-state index < -0.39 is 27.0 Å². The summed E-state index contributed by atoms with van der Waals surface area (Å²) in [5, 5.41) is 11.1. The summed E-state index contributed by atoms with van der Waals surface area (Å²) < 4.78 is 23.3. The zero-order valence-corrected chi connectivity index (χ0v) is 12.1. The molecule has 0 radical (unpaired) electrons. The van der Waals surface area contributed by atoms with Gasteiger partial charge in [-0.25, -0.2) is 13.2 Å². The Kier molecular flexibility index (Phi) is 4.52. The number of aliphatic carboxylic acids is 1. The summed E-state index contributed by atoms with van der Waals surface area (Å²) in [5.41, 5.74) is 0. The van der Waals surface area contributed by atoms with Gasteiger partial charge in [0.25, 0.3) is 0 Å². The predicted octanol–water partition coefficient (Wildman–Crippen LogP) is 0.0698. The number of carbonyl (C=O) groups excluding carboxylic acids is 1. The second-order valence-electron chi connectivity index (χ2n) is 5.44. The van der Waals surface area contributed by atoms with Crippen molar-refractivity contribution in [2.24, 2.45) is 5.92 Å². The molecule has 2 aliphatic heterocycles. The van der Waals surface area contributed by atoms with Gasteiger partial charge in [-0.15, -0.1) is 0 Å². The molecule has 0 spiro atoms. The van der Waals surface area contributed by atoms with Crippen molar-refractivity contribution in [1.82, 2.24) is 10.2 Å². The van der Waals surface area contributed by atoms with Crippen LogP contribution in [0.25, 0.3) is 0 Å². The number of piperidine rings is 1. The first-order valence-corrected chi connectivity index (χ1v) is 8.59. The van der Waals surface area contributed by atoms with Gasteiger partial charge in [-0.1, -0.05) is 0 Å². The van der Waals surface area contributed by atoms with Crippen LogP contribution in [0.1, 0.15) is 25.7 Å². The van der Waals surface area contributed by atoms with Crippen molar-refractivity contribution < 1.29 is 23.1 Å². The minimum atomic E-state index is -3.07. The van der Waals surface area contributed by atoms with Crippen LogP contribution in [0.15, 0.2) is 0 Å². The van der Waals surface area contributed by atoms with Gasteiger partial charge < -0.3 is 15.3 Å². The smallest absolute Gasteiger partial charge is 0.317 e. The maximum absolute atomic E-state index is 12.0. The molecule has 0 bridgehead atoms. The molecule has 0 aromatic rings. The van der Waals surface area contributed by atoms with Crippen LogP contribution in [-0.4, -0.2) is 61.1 Å². The first-order chi connectivity index (χ1) is 9.40. The van der Waals surface area contributed by atoms with Crippen molar-refractivity contribution in [2.75, 3.05) is 25.4 Å². The van der Waals surface area contributed by atoms with Crippen LogP contribution < -0.4 is 5.32 Å². The molecular weight excluding hydrogens is 284 g/mol. The van der Waals surface area contributed by atoms with Crippen LogP contribution >= 0.6 is 0 Å². The Morgan fingerprint density at radius 3 is 2.60 bits per heavy atom. The number of sulfone groups is 1. The summed E-state index contributed by atoms with van der Waals surface area (Å²) in [6.07, 6.45) is 2.47. The number of carbonyl (C=O) groups is 2. The zero-order valence-electron chi connectivity index (χ0n) is 11.2. The van der Waals surface area contributed by atoms with Gasteiger partial charge in [0, 0.05) is 19.6 Å². The average Bonchev–Trinajstić information content (AvgIpc) is 2.75. The van der Waals surface area contributed by atoms with Gasteiger partial charge in [0.15, 0.2) is 9.84 Å². The molecule has 2 N–H and O–H groups in total. The fourth-order valence-corrected chi connectivity index (χ4v) is 4.53. The highest BCUT2D eigenvalue weighted by Crippen LogP contribution is 2.20. The molecule has 2 rings (SSSR count). The third-order valence-electron chi connectivity index (χ3n) is 4.00. The van der Waals surface area contributed by atoms with E-state index in [9.17, 15) is 18.0 Å². The second kappa shape index (κ2) is 5.99. The monoisotopic (exact) mass is 304 g/mol. The first-order valence-electron chi connectivity index (χ1n) is 6.87. The van der Waals surface area contributed by atoms with Crippen LogP contribution in [0.5, 0.6) is 0 Å². The molecule has 8 heteroatoms. The van der Waals surface area contributed by atoms with E-state index in [1.54, 1.807) is 0 Å². The molecule has 0 saturated carbocycles. The van der Waals surface area contributed by atoms with Gasteiger partial charge in [-0.2, -0.15) is 0 Å². The van der Waals surface area contributed by atoms with E-state index in [2.05, 4.69) is 5.32 Å². The highest BCUT2D eigenvalue weighted by molar-refractivity contribution is 7.92. The van der Waals surface area contributed by atoms with Crippen molar-refractivity contribution >= 4 is 21.8 Å². The van der Waals surface area contributed by atoms with E-state index in [4.69, 9.17) is 5.11 Å². The fraction of sp³-hybridized carbons (Fsp3) is 0.833. The molecule has 7 nitrogen and oxygen atoms in total. The summed E-state index contributed by atoms with van der Waals surface area (Å²) in [4.78, 5) is 24.4. The normalized spacial score (nSPS) is 29.1. The number of nitrogens with zero attached hydrogens (tertiary/aromatic N) is 1. The minimum absolute atomic E-state index is 0.120. The Morgan fingerprint density at radius 1 is 1.25 bits per heavy atom. The Balaban J connectivity index is 1.84. The molecule has 2 fully saturated rings. The lowest BCUT2D eigenvalue weighted by atomic mass is 9.99. The number of urea groups is 1. The van der Waals surface area contributed by atoms with Crippen molar-refractivity contribution in [3.05, 3.63) is 0 Å². The second-order valence-corrected chi connectivity index (χ2v) is 7.84. The SMILES string of the molecule is O=C(O)[C@H]1CCCN(C(=O)NCC2CCCS2(=O)=O)C1. The number of amides is 2. The van der Waals surface area contributed by atoms with Crippen LogP contribution in [-0.2, 0) is 14.6 Å². The minimum Gasteiger partial charge on any atom is -0.481 e. The number of hydrogen-bond acceptors (Lipinski definition) is 4. The fourth-order valence-electron chi connectivity index (χ4n) is 2.76. The molecule has 0 aromatic heterocycles. The third-order valence-corrected chi connectivity index (χ3v) is 6.28. The molecule has 2 atom stereocenters. The number of hydrogen-bond donors (Lipinski definition) is 2. The van der Waals surface area contributed by atoms with Gasteiger partial charge in [-0.3, -0.25) is 4.79 Å². The zero-order chi connectivity index (χ0) is 14.8. The van der Waals surface area contributed by atoms with Crippen molar-refractivity contribution in [1.29, 1.82) is 0 Å². The lowest BCUT2D eigenvalue weighted by molar-refractivity contribution is -0.143. The van der Waals surface area contributed by atoms with E-state index in [0.717, 1.165) is 0 Å². The summed E-state index contributed by atoms with van der Waals surface area (Å²) >= 11 is 0. The predicted molar refractivity (Wildman–Crippen MR) is 72.1 cm³/mol. The van der Waals surface area contributed by atoms with Crippen molar-refractivity contribution in [3.63, 3.8) is 0 Å². The van der Waals surface area contributed by atoms with Gasteiger partial charge in [0.05, 0.1) is 16.9 Å². The largest absolute Gasteiger partial charge is 0.481 e. The number of likely N-dealkylation sites (tertiary alicyclic amines) is 1. The molecule has 114 valence electrons.